The van der Waals surface area contributed by atoms with Crippen molar-refractivity contribution in [3.8, 4) is 11.6 Å². The van der Waals surface area contributed by atoms with Crippen molar-refractivity contribution in [2.24, 2.45) is 0 Å². The van der Waals surface area contributed by atoms with Crippen molar-refractivity contribution in [1.82, 2.24) is 4.98 Å². The normalized spacial score (nSPS) is 10.4. The largest absolute Gasteiger partial charge is 0.507 e. The summed E-state index contributed by atoms with van der Waals surface area (Å²) in [5.41, 5.74) is 0.646. The molecule has 0 spiro atoms. The third-order valence-corrected chi connectivity index (χ3v) is 3.32. The van der Waals surface area contributed by atoms with Gasteiger partial charge in [0.15, 0.2) is 0 Å². The lowest BCUT2D eigenvalue weighted by Gasteiger charge is -2.10. The molecule has 2 aromatic carbocycles. The highest BCUT2D eigenvalue weighted by molar-refractivity contribution is 6.09. The highest BCUT2D eigenvalue weighted by Crippen LogP contribution is 2.27. The Morgan fingerprint density at radius 2 is 1.86 bits per heavy atom. The number of nitrogens with zero attached hydrogens (tertiary/aromatic N) is 1. The first-order chi connectivity index (χ1) is 10.7. The van der Waals surface area contributed by atoms with Crippen molar-refractivity contribution in [2.45, 2.75) is 0 Å². The number of hydrogen-bond donors (Lipinski definition) is 2. The molecule has 3 aromatic rings. The molecule has 5 nitrogen and oxygen atoms in total. The second kappa shape index (κ2) is 5.73. The first-order valence-corrected chi connectivity index (χ1v) is 6.71. The number of hydrogen-bond acceptors (Lipinski definition) is 4. The van der Waals surface area contributed by atoms with E-state index in [2.05, 4.69) is 10.3 Å². The molecule has 5 heteroatoms. The minimum atomic E-state index is -0.422. The van der Waals surface area contributed by atoms with Crippen LogP contribution in [0.5, 0.6) is 11.6 Å². The van der Waals surface area contributed by atoms with Crippen molar-refractivity contribution in [3.63, 3.8) is 0 Å². The minimum absolute atomic E-state index is 0.0703. The Morgan fingerprint density at radius 3 is 2.59 bits per heavy atom. The predicted octanol–water partition coefficient (Wildman–Crippen LogP) is 3.20. The van der Waals surface area contributed by atoms with Gasteiger partial charge in [-0.15, -0.1) is 0 Å². The summed E-state index contributed by atoms with van der Waals surface area (Å²) < 4.78 is 5.09. The molecule has 3 rings (SSSR count). The Labute approximate surface area is 127 Å². The monoisotopic (exact) mass is 294 g/mol. The fraction of sp³-hybridized carbons (Fsp3) is 0.0588. The predicted molar refractivity (Wildman–Crippen MR) is 84.4 cm³/mol. The SMILES string of the molecule is COc1ncccc1NC(=O)c1cc2ccccc2cc1O. The minimum Gasteiger partial charge on any atom is -0.507 e. The van der Waals surface area contributed by atoms with Gasteiger partial charge in [-0.1, -0.05) is 24.3 Å². The van der Waals surface area contributed by atoms with Crippen LogP contribution >= 0.6 is 0 Å². The van der Waals surface area contributed by atoms with Gasteiger partial charge in [0.2, 0.25) is 5.88 Å². The molecule has 110 valence electrons. The Bertz CT molecular complexity index is 846. The maximum absolute atomic E-state index is 12.4. The average Bonchev–Trinajstić information content (AvgIpc) is 2.54. The fourth-order valence-electron chi connectivity index (χ4n) is 2.25. The van der Waals surface area contributed by atoms with Gasteiger partial charge in [-0.05, 0) is 35.0 Å². The van der Waals surface area contributed by atoms with Gasteiger partial charge in [-0.2, -0.15) is 0 Å². The Kier molecular flexibility index (Phi) is 3.62. The Hall–Kier alpha value is -3.08. The molecule has 0 aliphatic heterocycles. The zero-order chi connectivity index (χ0) is 15.5. The molecule has 0 fully saturated rings. The summed E-state index contributed by atoms with van der Waals surface area (Å²) in [6.07, 6.45) is 1.57. The summed E-state index contributed by atoms with van der Waals surface area (Å²) in [5, 5.41) is 14.5. The first-order valence-electron chi connectivity index (χ1n) is 6.71. The molecule has 1 amide bonds. The number of amides is 1. The smallest absolute Gasteiger partial charge is 0.259 e. The number of fused-ring (bicyclic) bond motifs is 1. The Morgan fingerprint density at radius 1 is 1.14 bits per heavy atom. The van der Waals surface area contributed by atoms with Gasteiger partial charge in [-0.25, -0.2) is 4.98 Å². The average molecular weight is 294 g/mol. The van der Waals surface area contributed by atoms with E-state index in [1.165, 1.54) is 7.11 Å². The summed E-state index contributed by atoms with van der Waals surface area (Å²) >= 11 is 0. The van der Waals surface area contributed by atoms with Crippen LogP contribution in [0.3, 0.4) is 0 Å². The summed E-state index contributed by atoms with van der Waals surface area (Å²) in [7, 11) is 1.48. The number of aromatic nitrogens is 1. The van der Waals surface area contributed by atoms with Gasteiger partial charge in [0.05, 0.1) is 12.7 Å². The van der Waals surface area contributed by atoms with E-state index in [0.29, 0.717) is 11.6 Å². The van der Waals surface area contributed by atoms with Crippen LogP contribution in [-0.2, 0) is 0 Å². The van der Waals surface area contributed by atoms with E-state index >= 15 is 0 Å². The number of carbonyl (C=O) groups is 1. The number of anilines is 1. The number of aromatic hydroxyl groups is 1. The van der Waals surface area contributed by atoms with Crippen molar-refractivity contribution < 1.29 is 14.6 Å². The highest BCUT2D eigenvalue weighted by Gasteiger charge is 2.14. The second-order valence-electron chi connectivity index (χ2n) is 4.73. The van der Waals surface area contributed by atoms with E-state index in [9.17, 15) is 9.90 Å². The quantitative estimate of drug-likeness (QED) is 0.778. The molecule has 0 bridgehead atoms. The Balaban J connectivity index is 1.97. The van der Waals surface area contributed by atoms with Crippen molar-refractivity contribution in [3.05, 3.63) is 60.3 Å². The van der Waals surface area contributed by atoms with E-state index in [1.54, 1.807) is 30.5 Å². The maximum Gasteiger partial charge on any atom is 0.259 e. The van der Waals surface area contributed by atoms with Crippen LogP contribution in [0, 0.1) is 0 Å². The number of phenolic OH excluding ortho intramolecular Hbond substituents is 1. The summed E-state index contributed by atoms with van der Waals surface area (Å²) in [5.74, 6) is -0.176. The number of phenols is 1. The fourth-order valence-corrected chi connectivity index (χ4v) is 2.25. The second-order valence-corrected chi connectivity index (χ2v) is 4.73. The number of carbonyl (C=O) groups excluding carboxylic acids is 1. The molecule has 22 heavy (non-hydrogen) atoms. The molecule has 0 radical (unpaired) electrons. The molecule has 2 N–H and O–H groups in total. The third-order valence-electron chi connectivity index (χ3n) is 3.32. The molecule has 1 aromatic heterocycles. The van der Waals surface area contributed by atoms with Crippen LogP contribution in [0.4, 0.5) is 5.69 Å². The van der Waals surface area contributed by atoms with E-state index in [-0.39, 0.29) is 11.3 Å². The standard InChI is InChI=1S/C17H14N2O3/c1-22-17-14(7-4-8-18-17)19-16(21)13-9-11-5-2-3-6-12(11)10-15(13)20/h2-10,20H,1H3,(H,19,21). The molecule has 0 aliphatic rings. The summed E-state index contributed by atoms with van der Waals surface area (Å²) in [4.78, 5) is 16.4. The molecule has 0 atom stereocenters. The van der Waals surface area contributed by atoms with Crippen molar-refractivity contribution >= 4 is 22.4 Å². The van der Waals surface area contributed by atoms with Crippen LogP contribution in [-0.4, -0.2) is 23.1 Å². The van der Waals surface area contributed by atoms with E-state index in [1.807, 2.05) is 24.3 Å². The summed E-state index contributed by atoms with van der Waals surface area (Å²) in [6, 6.07) is 14.1. The van der Waals surface area contributed by atoms with Crippen LogP contribution in [0.25, 0.3) is 10.8 Å². The van der Waals surface area contributed by atoms with Crippen LogP contribution in [0.15, 0.2) is 54.7 Å². The molecule has 0 saturated carbocycles. The van der Waals surface area contributed by atoms with Crippen molar-refractivity contribution in [2.75, 3.05) is 12.4 Å². The molecular weight excluding hydrogens is 280 g/mol. The van der Waals surface area contributed by atoms with Crippen LogP contribution in [0.2, 0.25) is 0 Å². The van der Waals surface area contributed by atoms with E-state index in [4.69, 9.17) is 4.74 Å². The van der Waals surface area contributed by atoms with E-state index < -0.39 is 5.91 Å². The van der Waals surface area contributed by atoms with Crippen LogP contribution in [0.1, 0.15) is 10.4 Å². The molecule has 0 unspecified atom stereocenters. The number of pyridine rings is 1. The molecule has 1 heterocycles. The van der Waals surface area contributed by atoms with Gasteiger partial charge in [0.25, 0.3) is 5.91 Å². The van der Waals surface area contributed by atoms with Gasteiger partial charge in [0.1, 0.15) is 11.4 Å². The van der Waals surface area contributed by atoms with Gasteiger partial charge in [-0.3, -0.25) is 4.79 Å². The number of nitrogens with one attached hydrogen (secondary N) is 1. The lowest BCUT2D eigenvalue weighted by Crippen LogP contribution is -2.13. The number of methoxy groups -OCH3 is 1. The molecular formula is C17H14N2O3. The summed E-state index contributed by atoms with van der Waals surface area (Å²) in [6.45, 7) is 0. The number of benzene rings is 2. The third kappa shape index (κ3) is 2.56. The maximum atomic E-state index is 12.4. The first kappa shape index (κ1) is 13.9. The van der Waals surface area contributed by atoms with E-state index in [0.717, 1.165) is 10.8 Å². The zero-order valence-corrected chi connectivity index (χ0v) is 11.9. The van der Waals surface area contributed by atoms with Gasteiger partial charge in [0, 0.05) is 6.20 Å². The molecule has 0 saturated heterocycles. The van der Waals surface area contributed by atoms with Gasteiger partial charge >= 0.3 is 0 Å². The zero-order valence-electron chi connectivity index (χ0n) is 11.9. The topological polar surface area (TPSA) is 71.5 Å². The lowest BCUT2D eigenvalue weighted by molar-refractivity contribution is 0.102. The number of rotatable bonds is 3. The highest BCUT2D eigenvalue weighted by atomic mass is 16.5. The van der Waals surface area contributed by atoms with Crippen molar-refractivity contribution in [1.29, 1.82) is 0 Å². The van der Waals surface area contributed by atoms with Crippen LogP contribution < -0.4 is 10.1 Å². The lowest BCUT2D eigenvalue weighted by atomic mass is 10.1. The molecule has 0 aliphatic carbocycles. The van der Waals surface area contributed by atoms with Gasteiger partial charge < -0.3 is 15.2 Å². The number of ether oxygens (including phenoxy) is 1.